The van der Waals surface area contributed by atoms with Crippen LogP contribution in [0.3, 0.4) is 0 Å². The Kier molecular flexibility index (Phi) is 5.53. The molecule has 1 aromatic rings. The number of carbonyl (C=O) groups is 2. The maximum absolute atomic E-state index is 13.1. The maximum atomic E-state index is 13.1. The average Bonchev–Trinajstić information content (AvgIpc) is 3.24. The van der Waals surface area contributed by atoms with Gasteiger partial charge in [-0.15, -0.1) is 11.3 Å². The second-order valence-corrected chi connectivity index (χ2v) is 7.22. The molecule has 2 heterocycles. The molecule has 1 N–H and O–H groups in total. The van der Waals surface area contributed by atoms with Crippen molar-refractivity contribution in [2.24, 2.45) is 0 Å². The van der Waals surface area contributed by atoms with E-state index in [1.165, 1.54) is 11.3 Å². The van der Waals surface area contributed by atoms with Crippen molar-refractivity contribution < 1.29 is 19.1 Å². The molecule has 3 rings (SSSR count). The van der Waals surface area contributed by atoms with E-state index in [-0.39, 0.29) is 18.4 Å². The standard InChI is InChI=1S/C17H24N2O4S/c1-22-10-9-18-15(20)13-12-23-17(7-3-2-4-8-17)19(13)16(21)14-6-5-11-24-14/h5-6,11,13H,2-4,7-10,12H2,1H3,(H,18,20)/t13-/m1/s1. The first kappa shape index (κ1) is 17.4. The summed E-state index contributed by atoms with van der Waals surface area (Å²) >= 11 is 1.40. The summed E-state index contributed by atoms with van der Waals surface area (Å²) in [5.41, 5.74) is -0.622. The van der Waals surface area contributed by atoms with E-state index in [4.69, 9.17) is 9.47 Å². The van der Waals surface area contributed by atoms with Crippen molar-refractivity contribution in [1.82, 2.24) is 10.2 Å². The Hall–Kier alpha value is -1.44. The van der Waals surface area contributed by atoms with Crippen molar-refractivity contribution in [1.29, 1.82) is 0 Å². The number of methoxy groups -OCH3 is 1. The van der Waals surface area contributed by atoms with Crippen LogP contribution in [0.4, 0.5) is 0 Å². The summed E-state index contributed by atoms with van der Waals surface area (Å²) in [6.07, 6.45) is 4.78. The normalized spacial score (nSPS) is 22.7. The molecule has 24 heavy (non-hydrogen) atoms. The second-order valence-electron chi connectivity index (χ2n) is 6.27. The Morgan fingerprint density at radius 1 is 1.42 bits per heavy atom. The zero-order valence-corrected chi connectivity index (χ0v) is 14.8. The fourth-order valence-corrected chi connectivity index (χ4v) is 4.24. The Morgan fingerprint density at radius 3 is 2.88 bits per heavy atom. The number of amides is 2. The van der Waals surface area contributed by atoms with E-state index in [2.05, 4.69) is 5.32 Å². The number of nitrogens with zero attached hydrogens (tertiary/aromatic N) is 1. The van der Waals surface area contributed by atoms with Gasteiger partial charge in [0.05, 0.1) is 18.1 Å². The largest absolute Gasteiger partial charge is 0.383 e. The molecule has 0 radical (unpaired) electrons. The molecular formula is C17H24N2O4S. The summed E-state index contributed by atoms with van der Waals surface area (Å²) in [7, 11) is 1.59. The molecule has 7 heteroatoms. The van der Waals surface area contributed by atoms with Gasteiger partial charge in [0.2, 0.25) is 5.91 Å². The van der Waals surface area contributed by atoms with Gasteiger partial charge >= 0.3 is 0 Å². The van der Waals surface area contributed by atoms with Crippen LogP contribution in [0.5, 0.6) is 0 Å². The number of nitrogens with one attached hydrogen (secondary N) is 1. The number of ether oxygens (including phenoxy) is 2. The molecule has 1 spiro atoms. The van der Waals surface area contributed by atoms with E-state index in [0.717, 1.165) is 32.1 Å². The molecule has 0 bridgehead atoms. The molecule has 1 saturated carbocycles. The minimum Gasteiger partial charge on any atom is -0.383 e. The van der Waals surface area contributed by atoms with Crippen LogP contribution < -0.4 is 5.32 Å². The van der Waals surface area contributed by atoms with Crippen LogP contribution in [0, 0.1) is 0 Å². The van der Waals surface area contributed by atoms with Crippen LogP contribution in [-0.4, -0.2) is 55.3 Å². The third-order valence-electron chi connectivity index (χ3n) is 4.75. The summed E-state index contributed by atoms with van der Waals surface area (Å²) in [5.74, 6) is -0.268. The topological polar surface area (TPSA) is 67.9 Å². The highest BCUT2D eigenvalue weighted by atomic mass is 32.1. The maximum Gasteiger partial charge on any atom is 0.266 e. The van der Waals surface area contributed by atoms with Gasteiger partial charge in [-0.1, -0.05) is 12.5 Å². The molecule has 2 aliphatic rings. The first-order valence-corrected chi connectivity index (χ1v) is 9.34. The number of carbonyl (C=O) groups excluding carboxylic acids is 2. The summed E-state index contributed by atoms with van der Waals surface area (Å²) in [6, 6.07) is 3.09. The van der Waals surface area contributed by atoms with Gasteiger partial charge in [0.15, 0.2) is 0 Å². The fourth-order valence-electron chi connectivity index (χ4n) is 3.58. The highest BCUT2D eigenvalue weighted by molar-refractivity contribution is 7.12. The van der Waals surface area contributed by atoms with Crippen molar-refractivity contribution in [2.45, 2.75) is 43.9 Å². The Balaban J connectivity index is 1.82. The van der Waals surface area contributed by atoms with Crippen molar-refractivity contribution in [2.75, 3.05) is 26.9 Å². The summed E-state index contributed by atoms with van der Waals surface area (Å²) in [4.78, 5) is 28.0. The molecule has 0 aromatic carbocycles. The summed E-state index contributed by atoms with van der Waals surface area (Å²) in [5, 5.41) is 4.72. The highest BCUT2D eigenvalue weighted by Gasteiger charge is 2.53. The molecule has 2 fully saturated rings. The van der Waals surface area contributed by atoms with Crippen LogP contribution in [0.2, 0.25) is 0 Å². The zero-order chi connectivity index (χ0) is 17.0. The monoisotopic (exact) mass is 352 g/mol. The van der Waals surface area contributed by atoms with Crippen LogP contribution >= 0.6 is 11.3 Å². The van der Waals surface area contributed by atoms with E-state index in [0.29, 0.717) is 18.0 Å². The predicted molar refractivity (Wildman–Crippen MR) is 90.9 cm³/mol. The Morgan fingerprint density at radius 2 is 2.21 bits per heavy atom. The van der Waals surface area contributed by atoms with E-state index in [1.54, 1.807) is 12.0 Å². The molecule has 1 aliphatic carbocycles. The molecule has 2 amide bonds. The third kappa shape index (κ3) is 3.34. The number of hydrogen-bond acceptors (Lipinski definition) is 5. The first-order valence-electron chi connectivity index (χ1n) is 8.46. The van der Waals surface area contributed by atoms with Crippen molar-refractivity contribution in [3.8, 4) is 0 Å². The zero-order valence-electron chi connectivity index (χ0n) is 14.0. The second kappa shape index (κ2) is 7.63. The van der Waals surface area contributed by atoms with Crippen molar-refractivity contribution in [3.05, 3.63) is 22.4 Å². The van der Waals surface area contributed by atoms with Gasteiger partial charge in [0.25, 0.3) is 5.91 Å². The van der Waals surface area contributed by atoms with Gasteiger partial charge in [-0.25, -0.2) is 0 Å². The first-order chi connectivity index (χ1) is 11.7. The number of hydrogen-bond donors (Lipinski definition) is 1. The van der Waals surface area contributed by atoms with Gasteiger partial charge in [-0.3, -0.25) is 14.5 Å². The molecule has 132 valence electrons. The predicted octanol–water partition coefficient (Wildman–Crippen LogP) is 2.01. The smallest absolute Gasteiger partial charge is 0.266 e. The Labute approximate surface area is 146 Å². The lowest BCUT2D eigenvalue weighted by Crippen LogP contribution is -2.56. The fraction of sp³-hybridized carbons (Fsp3) is 0.647. The lowest BCUT2D eigenvalue weighted by molar-refractivity contribution is -0.127. The van der Waals surface area contributed by atoms with Crippen LogP contribution in [-0.2, 0) is 14.3 Å². The minimum absolute atomic E-state index is 0.101. The molecule has 1 aliphatic heterocycles. The molecule has 1 saturated heterocycles. The minimum atomic E-state index is -0.622. The number of rotatable bonds is 5. The molecule has 1 atom stereocenters. The van der Waals surface area contributed by atoms with Gasteiger partial charge in [-0.2, -0.15) is 0 Å². The lowest BCUT2D eigenvalue weighted by Gasteiger charge is -2.41. The van der Waals surface area contributed by atoms with Gasteiger partial charge in [0, 0.05) is 13.7 Å². The summed E-state index contributed by atoms with van der Waals surface area (Å²) < 4.78 is 11.0. The van der Waals surface area contributed by atoms with Crippen LogP contribution in [0.25, 0.3) is 0 Å². The van der Waals surface area contributed by atoms with E-state index in [1.807, 2.05) is 17.5 Å². The van der Waals surface area contributed by atoms with E-state index < -0.39 is 11.8 Å². The summed E-state index contributed by atoms with van der Waals surface area (Å²) in [6.45, 7) is 1.14. The van der Waals surface area contributed by atoms with Gasteiger partial charge in [0.1, 0.15) is 11.8 Å². The highest BCUT2D eigenvalue weighted by Crippen LogP contribution is 2.41. The quantitative estimate of drug-likeness (QED) is 0.823. The number of thiophene rings is 1. The van der Waals surface area contributed by atoms with Crippen LogP contribution in [0.15, 0.2) is 17.5 Å². The third-order valence-corrected chi connectivity index (χ3v) is 5.61. The van der Waals surface area contributed by atoms with Gasteiger partial charge < -0.3 is 14.8 Å². The SMILES string of the molecule is COCCNC(=O)[C@H]1COC2(CCCCC2)N1C(=O)c1cccs1. The van der Waals surface area contributed by atoms with Crippen molar-refractivity contribution in [3.63, 3.8) is 0 Å². The van der Waals surface area contributed by atoms with Gasteiger partial charge in [-0.05, 0) is 37.1 Å². The van der Waals surface area contributed by atoms with Crippen molar-refractivity contribution >= 4 is 23.2 Å². The van der Waals surface area contributed by atoms with E-state index >= 15 is 0 Å². The molecule has 1 aromatic heterocycles. The van der Waals surface area contributed by atoms with Crippen LogP contribution in [0.1, 0.15) is 41.8 Å². The Bertz CT molecular complexity index is 569. The molecule has 6 nitrogen and oxygen atoms in total. The van der Waals surface area contributed by atoms with E-state index in [9.17, 15) is 9.59 Å². The molecule has 0 unspecified atom stereocenters. The average molecular weight is 352 g/mol. The molecular weight excluding hydrogens is 328 g/mol. The lowest BCUT2D eigenvalue weighted by atomic mass is 9.90.